The van der Waals surface area contributed by atoms with Gasteiger partial charge >= 0.3 is 5.97 Å². The van der Waals surface area contributed by atoms with Crippen molar-refractivity contribution in [2.24, 2.45) is 0 Å². The molecule has 0 fully saturated rings. The number of anilines is 1. The number of aliphatic carboxylic acids is 1. The second kappa shape index (κ2) is 9.15. The predicted molar refractivity (Wildman–Crippen MR) is 98.0 cm³/mol. The summed E-state index contributed by atoms with van der Waals surface area (Å²) in [4.78, 5) is 23.1. The Bertz CT molecular complexity index is 725. The molecule has 1 aromatic carbocycles. The van der Waals surface area contributed by atoms with E-state index in [1.807, 2.05) is 18.2 Å². The van der Waals surface area contributed by atoms with E-state index in [4.69, 9.17) is 4.74 Å². The second-order valence-corrected chi connectivity index (χ2v) is 6.54. The zero-order valence-corrected chi connectivity index (χ0v) is 15.1. The monoisotopic (exact) mass is 359 g/mol. The average Bonchev–Trinajstić information content (AvgIpc) is 3.08. The summed E-state index contributed by atoms with van der Waals surface area (Å²) >= 11 is 0. The molecule has 0 spiro atoms. The Balaban J connectivity index is 1.65. The lowest BCUT2D eigenvalue weighted by molar-refractivity contribution is -0.146. The molecular formula is C19H25N3O4. The van der Waals surface area contributed by atoms with E-state index in [0.717, 1.165) is 6.42 Å². The minimum atomic E-state index is -1.17. The van der Waals surface area contributed by atoms with Crippen molar-refractivity contribution < 1.29 is 19.4 Å². The molecule has 7 nitrogen and oxygen atoms in total. The van der Waals surface area contributed by atoms with Crippen LogP contribution in [0.15, 0.2) is 42.7 Å². The maximum absolute atomic E-state index is 11.9. The molecular weight excluding hydrogens is 334 g/mol. The van der Waals surface area contributed by atoms with Crippen molar-refractivity contribution in [2.45, 2.75) is 38.6 Å². The van der Waals surface area contributed by atoms with Gasteiger partial charge in [-0.2, -0.15) is 5.10 Å². The van der Waals surface area contributed by atoms with Crippen LogP contribution in [0.5, 0.6) is 0 Å². The lowest BCUT2D eigenvalue weighted by Gasteiger charge is -2.19. The number of aromatic nitrogens is 2. The number of hydrogen-bond donors (Lipinski definition) is 2. The highest BCUT2D eigenvalue weighted by molar-refractivity contribution is 5.90. The summed E-state index contributed by atoms with van der Waals surface area (Å²) in [5.41, 5.74) is 0.538. The average molecular weight is 359 g/mol. The Morgan fingerprint density at radius 2 is 1.96 bits per heavy atom. The van der Waals surface area contributed by atoms with Gasteiger partial charge in [0.2, 0.25) is 5.91 Å². The lowest BCUT2D eigenvalue weighted by Crippen LogP contribution is -2.35. The van der Waals surface area contributed by atoms with Crippen LogP contribution in [-0.2, 0) is 26.3 Å². The minimum absolute atomic E-state index is 0.149. The number of ether oxygens (including phenoxy) is 1. The van der Waals surface area contributed by atoms with E-state index in [0.29, 0.717) is 31.7 Å². The van der Waals surface area contributed by atoms with Gasteiger partial charge in [-0.3, -0.25) is 9.48 Å². The second-order valence-electron chi connectivity index (χ2n) is 6.54. The fourth-order valence-electron chi connectivity index (χ4n) is 2.29. The van der Waals surface area contributed by atoms with E-state index in [1.54, 1.807) is 13.8 Å². The Morgan fingerprint density at radius 1 is 1.23 bits per heavy atom. The summed E-state index contributed by atoms with van der Waals surface area (Å²) in [5, 5.41) is 15.9. The predicted octanol–water partition coefficient (Wildman–Crippen LogP) is 2.68. The Kier molecular flexibility index (Phi) is 6.91. The van der Waals surface area contributed by atoms with E-state index in [2.05, 4.69) is 22.5 Å². The van der Waals surface area contributed by atoms with E-state index in [9.17, 15) is 14.7 Å². The summed E-state index contributed by atoms with van der Waals surface area (Å²) < 4.78 is 6.87. The Morgan fingerprint density at radius 3 is 2.65 bits per heavy atom. The van der Waals surface area contributed by atoms with Crippen molar-refractivity contribution in [3.05, 3.63) is 48.3 Å². The van der Waals surface area contributed by atoms with Crippen LogP contribution in [0.1, 0.15) is 32.3 Å². The van der Waals surface area contributed by atoms with Crippen molar-refractivity contribution in [3.63, 3.8) is 0 Å². The number of carboxylic acid groups (broad SMARTS) is 1. The molecule has 1 aromatic heterocycles. The molecule has 0 atom stereocenters. The third-order valence-corrected chi connectivity index (χ3v) is 4.03. The summed E-state index contributed by atoms with van der Waals surface area (Å²) in [6.07, 6.45) is 4.77. The fraction of sp³-hybridized carbons (Fsp3) is 0.421. The number of carbonyl (C=O) groups excluding carboxylic acids is 1. The van der Waals surface area contributed by atoms with Crippen molar-refractivity contribution in [1.29, 1.82) is 0 Å². The number of carbonyl (C=O) groups is 2. The molecule has 2 N–H and O–H groups in total. The zero-order valence-electron chi connectivity index (χ0n) is 15.1. The van der Waals surface area contributed by atoms with Crippen LogP contribution >= 0.6 is 0 Å². The van der Waals surface area contributed by atoms with Crippen LogP contribution in [0.2, 0.25) is 0 Å². The number of hydrogen-bond acceptors (Lipinski definition) is 4. The van der Waals surface area contributed by atoms with Crippen LogP contribution in [0.25, 0.3) is 0 Å². The molecule has 140 valence electrons. The quantitative estimate of drug-likeness (QED) is 0.636. The van der Waals surface area contributed by atoms with E-state index >= 15 is 0 Å². The van der Waals surface area contributed by atoms with Gasteiger partial charge in [-0.15, -0.1) is 0 Å². The minimum Gasteiger partial charge on any atom is -0.479 e. The van der Waals surface area contributed by atoms with Gasteiger partial charge in [-0.1, -0.05) is 30.3 Å². The van der Waals surface area contributed by atoms with Crippen molar-refractivity contribution in [1.82, 2.24) is 9.78 Å². The Hall–Kier alpha value is -2.67. The van der Waals surface area contributed by atoms with Gasteiger partial charge in [0, 0.05) is 19.2 Å². The largest absolute Gasteiger partial charge is 0.479 e. The van der Waals surface area contributed by atoms with Gasteiger partial charge in [-0.05, 0) is 32.3 Å². The van der Waals surface area contributed by atoms with Crippen LogP contribution < -0.4 is 5.32 Å². The molecule has 1 heterocycles. The summed E-state index contributed by atoms with van der Waals surface area (Å²) in [5.74, 6) is -1.14. The number of amides is 1. The van der Waals surface area contributed by atoms with Gasteiger partial charge in [0.25, 0.3) is 0 Å². The maximum Gasteiger partial charge on any atom is 0.331 e. The smallest absolute Gasteiger partial charge is 0.331 e. The van der Waals surface area contributed by atoms with Crippen molar-refractivity contribution >= 4 is 17.6 Å². The first-order valence-corrected chi connectivity index (χ1v) is 8.59. The molecule has 0 saturated carbocycles. The summed E-state index contributed by atoms with van der Waals surface area (Å²) in [7, 11) is 0. The molecule has 0 saturated heterocycles. The highest BCUT2D eigenvalue weighted by Gasteiger charge is 2.30. The van der Waals surface area contributed by atoms with Crippen molar-refractivity contribution in [3.8, 4) is 0 Å². The number of carboxylic acids is 1. The zero-order chi connectivity index (χ0) is 19.0. The number of benzene rings is 1. The molecule has 0 unspecified atom stereocenters. The number of rotatable bonds is 10. The number of nitrogens with zero attached hydrogens (tertiary/aromatic N) is 2. The first kappa shape index (κ1) is 19.7. The lowest BCUT2D eigenvalue weighted by atomic mass is 10.1. The topological polar surface area (TPSA) is 93.5 Å². The molecule has 0 aliphatic carbocycles. The van der Waals surface area contributed by atoms with Gasteiger partial charge in [-0.25, -0.2) is 4.79 Å². The van der Waals surface area contributed by atoms with Gasteiger partial charge in [0.1, 0.15) is 0 Å². The van der Waals surface area contributed by atoms with Crippen LogP contribution in [-0.4, -0.2) is 40.0 Å². The normalized spacial score (nSPS) is 11.3. The molecule has 0 bridgehead atoms. The molecule has 1 amide bonds. The first-order chi connectivity index (χ1) is 12.4. The van der Waals surface area contributed by atoms with E-state index < -0.39 is 11.5 Å². The van der Waals surface area contributed by atoms with Crippen molar-refractivity contribution in [2.75, 3.05) is 18.5 Å². The highest BCUT2D eigenvalue weighted by atomic mass is 16.5. The van der Waals surface area contributed by atoms with Crippen LogP contribution in [0, 0.1) is 0 Å². The summed E-state index contributed by atoms with van der Waals surface area (Å²) in [6, 6.07) is 10.1. The third kappa shape index (κ3) is 5.70. The molecule has 26 heavy (non-hydrogen) atoms. The Labute approximate surface area is 153 Å². The third-order valence-electron chi connectivity index (χ3n) is 4.03. The molecule has 0 aliphatic rings. The highest BCUT2D eigenvalue weighted by Crippen LogP contribution is 2.17. The molecule has 2 aromatic rings. The summed E-state index contributed by atoms with van der Waals surface area (Å²) in [6.45, 7) is 4.23. The molecule has 7 heteroatoms. The van der Waals surface area contributed by atoms with Gasteiger partial charge < -0.3 is 15.2 Å². The van der Waals surface area contributed by atoms with Gasteiger partial charge in [0.05, 0.1) is 18.5 Å². The van der Waals surface area contributed by atoms with Gasteiger partial charge in [0.15, 0.2) is 5.54 Å². The van der Waals surface area contributed by atoms with E-state index in [1.165, 1.54) is 22.6 Å². The SMILES string of the molecule is CC(C)(C(=O)O)n1cc(NC(=O)CCCOCCc2ccccc2)cn1. The molecule has 0 radical (unpaired) electrons. The fourth-order valence-corrected chi connectivity index (χ4v) is 2.29. The molecule has 2 rings (SSSR count). The standard InChI is InChI=1S/C19H25N3O4/c1-19(2,18(24)25)22-14-16(13-20-22)21-17(23)9-6-11-26-12-10-15-7-4-3-5-8-15/h3-5,7-8,13-14H,6,9-12H2,1-2H3,(H,21,23)(H,24,25). The van der Waals surface area contributed by atoms with Crippen LogP contribution in [0.3, 0.4) is 0 Å². The molecule has 0 aliphatic heterocycles. The number of nitrogens with one attached hydrogen (secondary N) is 1. The van der Waals surface area contributed by atoms with E-state index in [-0.39, 0.29) is 5.91 Å². The first-order valence-electron chi connectivity index (χ1n) is 8.59. The maximum atomic E-state index is 11.9. The van der Waals surface area contributed by atoms with Crippen LogP contribution in [0.4, 0.5) is 5.69 Å².